The van der Waals surface area contributed by atoms with Crippen molar-refractivity contribution in [3.63, 3.8) is 0 Å². The monoisotopic (exact) mass is 201 g/mol. The van der Waals surface area contributed by atoms with Gasteiger partial charge < -0.3 is 5.11 Å². The van der Waals surface area contributed by atoms with Gasteiger partial charge in [0.2, 0.25) is 0 Å². The standard InChI is InChI=1S/C12H11NO2/c1-2-8-3-4-9-5-6-10(12(14)15)13-11(9)7-8/h3-7H,2H2,1H3,(H,14,15). The first-order chi connectivity index (χ1) is 7.20. The lowest BCUT2D eigenvalue weighted by atomic mass is 10.1. The molecule has 1 N–H and O–H groups in total. The Morgan fingerprint density at radius 3 is 2.73 bits per heavy atom. The van der Waals surface area contributed by atoms with Crippen molar-refractivity contribution in [3.05, 3.63) is 41.6 Å². The Morgan fingerprint density at radius 1 is 1.33 bits per heavy atom. The molecule has 0 spiro atoms. The summed E-state index contributed by atoms with van der Waals surface area (Å²) in [6.07, 6.45) is 0.926. The van der Waals surface area contributed by atoms with E-state index >= 15 is 0 Å². The smallest absolute Gasteiger partial charge is 0.354 e. The Bertz CT molecular complexity index is 520. The van der Waals surface area contributed by atoms with Crippen LogP contribution in [0.1, 0.15) is 23.0 Å². The Balaban J connectivity index is 2.62. The van der Waals surface area contributed by atoms with Gasteiger partial charge in [0.05, 0.1) is 5.52 Å². The number of carboxylic acid groups (broad SMARTS) is 1. The van der Waals surface area contributed by atoms with E-state index in [1.54, 1.807) is 6.07 Å². The van der Waals surface area contributed by atoms with Gasteiger partial charge in [0, 0.05) is 5.39 Å². The number of aromatic nitrogens is 1. The number of aryl methyl sites for hydroxylation is 1. The molecule has 0 saturated carbocycles. The number of carboxylic acids is 1. The maximum Gasteiger partial charge on any atom is 0.354 e. The SMILES string of the molecule is CCc1ccc2ccc(C(=O)O)nc2c1. The maximum absolute atomic E-state index is 10.7. The predicted octanol–water partition coefficient (Wildman–Crippen LogP) is 2.50. The highest BCUT2D eigenvalue weighted by Gasteiger charge is 2.05. The summed E-state index contributed by atoms with van der Waals surface area (Å²) < 4.78 is 0. The number of pyridine rings is 1. The van der Waals surface area contributed by atoms with Crippen molar-refractivity contribution in [1.82, 2.24) is 4.98 Å². The molecule has 0 saturated heterocycles. The van der Waals surface area contributed by atoms with Gasteiger partial charge in [0.1, 0.15) is 5.69 Å². The molecule has 15 heavy (non-hydrogen) atoms. The average molecular weight is 201 g/mol. The predicted molar refractivity (Wildman–Crippen MR) is 58.1 cm³/mol. The summed E-state index contributed by atoms with van der Waals surface area (Å²) in [5.74, 6) is -0.987. The van der Waals surface area contributed by atoms with E-state index in [9.17, 15) is 4.79 Å². The molecule has 0 bridgehead atoms. The van der Waals surface area contributed by atoms with E-state index in [1.165, 1.54) is 6.07 Å². The fourth-order valence-electron chi connectivity index (χ4n) is 1.50. The van der Waals surface area contributed by atoms with Crippen LogP contribution in [0.25, 0.3) is 10.9 Å². The fraction of sp³-hybridized carbons (Fsp3) is 0.167. The Morgan fingerprint density at radius 2 is 2.07 bits per heavy atom. The molecule has 0 fully saturated rings. The Kier molecular flexibility index (Phi) is 2.37. The van der Waals surface area contributed by atoms with Crippen molar-refractivity contribution >= 4 is 16.9 Å². The van der Waals surface area contributed by atoms with Crippen molar-refractivity contribution in [2.45, 2.75) is 13.3 Å². The van der Waals surface area contributed by atoms with E-state index in [1.807, 2.05) is 18.2 Å². The lowest BCUT2D eigenvalue weighted by Gasteiger charge is -2.01. The van der Waals surface area contributed by atoms with Crippen molar-refractivity contribution in [1.29, 1.82) is 0 Å². The second kappa shape index (κ2) is 3.69. The fourth-order valence-corrected chi connectivity index (χ4v) is 1.50. The molecular formula is C12H11NO2. The summed E-state index contributed by atoms with van der Waals surface area (Å²) in [4.78, 5) is 14.8. The summed E-state index contributed by atoms with van der Waals surface area (Å²) >= 11 is 0. The number of carbonyl (C=O) groups is 1. The molecule has 0 aliphatic rings. The minimum absolute atomic E-state index is 0.0933. The summed E-state index contributed by atoms with van der Waals surface area (Å²) in [6.45, 7) is 2.06. The van der Waals surface area contributed by atoms with Crippen molar-refractivity contribution in [2.24, 2.45) is 0 Å². The van der Waals surface area contributed by atoms with Crippen LogP contribution in [-0.4, -0.2) is 16.1 Å². The molecule has 1 aromatic heterocycles. The minimum Gasteiger partial charge on any atom is -0.477 e. The van der Waals surface area contributed by atoms with Crippen LogP contribution >= 0.6 is 0 Å². The van der Waals surface area contributed by atoms with E-state index < -0.39 is 5.97 Å². The van der Waals surface area contributed by atoms with Gasteiger partial charge in [-0.1, -0.05) is 25.1 Å². The van der Waals surface area contributed by atoms with Crippen LogP contribution in [0.3, 0.4) is 0 Å². The topological polar surface area (TPSA) is 50.2 Å². The van der Waals surface area contributed by atoms with Gasteiger partial charge in [-0.2, -0.15) is 0 Å². The average Bonchev–Trinajstić information content (AvgIpc) is 2.27. The number of aromatic carboxylic acids is 1. The third-order valence-corrected chi connectivity index (χ3v) is 2.38. The second-order valence-corrected chi connectivity index (χ2v) is 3.38. The van der Waals surface area contributed by atoms with Crippen LogP contribution in [-0.2, 0) is 6.42 Å². The van der Waals surface area contributed by atoms with Gasteiger partial charge >= 0.3 is 5.97 Å². The van der Waals surface area contributed by atoms with E-state index in [-0.39, 0.29) is 5.69 Å². The van der Waals surface area contributed by atoms with Gasteiger partial charge in [0.15, 0.2) is 0 Å². The highest BCUT2D eigenvalue weighted by atomic mass is 16.4. The molecule has 76 valence electrons. The van der Waals surface area contributed by atoms with Crippen LogP contribution in [0.5, 0.6) is 0 Å². The van der Waals surface area contributed by atoms with E-state index in [4.69, 9.17) is 5.11 Å². The van der Waals surface area contributed by atoms with E-state index in [2.05, 4.69) is 11.9 Å². The van der Waals surface area contributed by atoms with Gasteiger partial charge in [-0.15, -0.1) is 0 Å². The largest absolute Gasteiger partial charge is 0.477 e. The van der Waals surface area contributed by atoms with Crippen LogP contribution in [0.2, 0.25) is 0 Å². The first-order valence-corrected chi connectivity index (χ1v) is 4.83. The van der Waals surface area contributed by atoms with Gasteiger partial charge in [-0.25, -0.2) is 9.78 Å². The number of rotatable bonds is 2. The third kappa shape index (κ3) is 1.81. The molecular weight excluding hydrogens is 190 g/mol. The highest BCUT2D eigenvalue weighted by molar-refractivity contribution is 5.89. The highest BCUT2D eigenvalue weighted by Crippen LogP contribution is 2.15. The first-order valence-electron chi connectivity index (χ1n) is 4.83. The molecule has 1 aromatic carbocycles. The molecule has 0 atom stereocenters. The van der Waals surface area contributed by atoms with Crippen LogP contribution < -0.4 is 0 Å². The normalized spacial score (nSPS) is 10.5. The molecule has 2 aromatic rings. The third-order valence-electron chi connectivity index (χ3n) is 2.38. The van der Waals surface area contributed by atoms with E-state index in [0.717, 1.165) is 22.9 Å². The van der Waals surface area contributed by atoms with Crippen LogP contribution in [0.4, 0.5) is 0 Å². The second-order valence-electron chi connectivity index (χ2n) is 3.38. The molecule has 2 rings (SSSR count). The lowest BCUT2D eigenvalue weighted by molar-refractivity contribution is 0.0691. The van der Waals surface area contributed by atoms with Crippen molar-refractivity contribution in [3.8, 4) is 0 Å². The minimum atomic E-state index is -0.987. The Hall–Kier alpha value is -1.90. The number of hydrogen-bond acceptors (Lipinski definition) is 2. The molecule has 1 heterocycles. The summed E-state index contributed by atoms with van der Waals surface area (Å²) in [5, 5.41) is 9.78. The number of benzene rings is 1. The summed E-state index contributed by atoms with van der Waals surface area (Å²) in [6, 6.07) is 9.24. The first kappa shape index (κ1) is 9.65. The maximum atomic E-state index is 10.7. The molecule has 3 heteroatoms. The summed E-state index contributed by atoms with van der Waals surface area (Å²) in [7, 11) is 0. The molecule has 0 radical (unpaired) electrons. The number of fused-ring (bicyclic) bond motifs is 1. The van der Waals surface area contributed by atoms with Crippen molar-refractivity contribution < 1.29 is 9.90 Å². The zero-order valence-electron chi connectivity index (χ0n) is 8.40. The molecule has 0 aliphatic carbocycles. The Labute approximate surface area is 87.4 Å². The molecule has 0 amide bonds. The zero-order chi connectivity index (χ0) is 10.8. The molecule has 0 unspecified atom stereocenters. The number of nitrogens with zero attached hydrogens (tertiary/aromatic N) is 1. The van der Waals surface area contributed by atoms with Crippen LogP contribution in [0, 0.1) is 0 Å². The summed E-state index contributed by atoms with van der Waals surface area (Å²) in [5.41, 5.74) is 2.00. The lowest BCUT2D eigenvalue weighted by Crippen LogP contribution is -1.99. The van der Waals surface area contributed by atoms with Crippen molar-refractivity contribution in [2.75, 3.05) is 0 Å². The molecule has 0 aliphatic heterocycles. The van der Waals surface area contributed by atoms with E-state index in [0.29, 0.717) is 0 Å². The number of hydrogen-bond donors (Lipinski definition) is 1. The van der Waals surface area contributed by atoms with Gasteiger partial charge in [-0.05, 0) is 24.1 Å². The van der Waals surface area contributed by atoms with Crippen LogP contribution in [0.15, 0.2) is 30.3 Å². The molecule has 3 nitrogen and oxygen atoms in total. The van der Waals surface area contributed by atoms with Gasteiger partial charge in [-0.3, -0.25) is 0 Å². The quantitative estimate of drug-likeness (QED) is 0.812. The zero-order valence-corrected chi connectivity index (χ0v) is 8.40. The van der Waals surface area contributed by atoms with Gasteiger partial charge in [0.25, 0.3) is 0 Å².